The van der Waals surface area contributed by atoms with Gasteiger partial charge in [0.2, 0.25) is 11.8 Å². The van der Waals surface area contributed by atoms with Crippen LogP contribution in [0.5, 0.6) is 17.4 Å². The second kappa shape index (κ2) is 12.7. The number of rotatable bonds is 10. The number of carbonyl (C=O) groups is 1. The van der Waals surface area contributed by atoms with Crippen LogP contribution in [0.25, 0.3) is 0 Å². The van der Waals surface area contributed by atoms with Crippen molar-refractivity contribution in [3.8, 4) is 17.4 Å². The van der Waals surface area contributed by atoms with Gasteiger partial charge in [0.15, 0.2) is 0 Å². The predicted octanol–water partition coefficient (Wildman–Crippen LogP) is 4.66. The Hall–Kier alpha value is -4.57. The SMILES string of the molecule is COc1ccc(CNc2nc(N3CCc4cccc(OC)c4C3)nc(OC)c2C(=O)NCc2ccccn2)cc1Cl. The van der Waals surface area contributed by atoms with E-state index in [0.717, 1.165) is 29.0 Å². The maximum Gasteiger partial charge on any atom is 0.260 e. The van der Waals surface area contributed by atoms with Crippen molar-refractivity contribution in [2.75, 3.05) is 38.1 Å². The van der Waals surface area contributed by atoms with Crippen molar-refractivity contribution in [2.45, 2.75) is 26.1 Å². The number of fused-ring (bicyclic) bond motifs is 1. The number of nitrogens with one attached hydrogen (secondary N) is 2. The first-order valence-electron chi connectivity index (χ1n) is 13.1. The van der Waals surface area contributed by atoms with Crippen LogP contribution in [0.15, 0.2) is 60.8 Å². The van der Waals surface area contributed by atoms with Gasteiger partial charge >= 0.3 is 0 Å². The van der Waals surface area contributed by atoms with Gasteiger partial charge in [-0.25, -0.2) is 0 Å². The number of amides is 1. The van der Waals surface area contributed by atoms with Gasteiger partial charge in [0.1, 0.15) is 22.9 Å². The Balaban J connectivity index is 1.48. The highest BCUT2D eigenvalue weighted by Crippen LogP contribution is 2.33. The third-order valence-corrected chi connectivity index (χ3v) is 7.15. The van der Waals surface area contributed by atoms with Gasteiger partial charge in [-0.2, -0.15) is 9.97 Å². The summed E-state index contributed by atoms with van der Waals surface area (Å²) >= 11 is 6.35. The minimum atomic E-state index is -0.389. The van der Waals surface area contributed by atoms with Crippen LogP contribution < -0.4 is 29.7 Å². The van der Waals surface area contributed by atoms with E-state index in [-0.39, 0.29) is 23.9 Å². The molecule has 0 spiro atoms. The summed E-state index contributed by atoms with van der Waals surface area (Å²) in [5.41, 5.74) is 4.12. The summed E-state index contributed by atoms with van der Waals surface area (Å²) in [5, 5.41) is 6.71. The molecule has 0 bridgehead atoms. The van der Waals surface area contributed by atoms with Gasteiger partial charge in [-0.3, -0.25) is 9.78 Å². The van der Waals surface area contributed by atoms with Crippen molar-refractivity contribution < 1.29 is 19.0 Å². The van der Waals surface area contributed by atoms with E-state index in [1.807, 2.05) is 36.4 Å². The Bertz CT molecular complexity index is 1520. The van der Waals surface area contributed by atoms with E-state index in [0.29, 0.717) is 42.2 Å². The standard InChI is InChI=1S/C30H31ClN6O4/c1-39-24-9-6-7-20-12-14-37(18-22(20)24)30-35-27(33-16-19-10-11-25(40-2)23(31)15-19)26(29(36-30)41-3)28(38)34-17-21-8-4-5-13-32-21/h4-11,13,15H,12,14,16-18H2,1-3H3,(H,34,38)(H,33,35,36). The number of benzene rings is 2. The van der Waals surface area contributed by atoms with Crippen LogP contribution in [0, 0.1) is 0 Å². The molecule has 10 nitrogen and oxygen atoms in total. The van der Waals surface area contributed by atoms with Gasteiger partial charge in [-0.05, 0) is 47.9 Å². The molecule has 2 N–H and O–H groups in total. The Labute approximate surface area is 243 Å². The highest BCUT2D eigenvalue weighted by molar-refractivity contribution is 6.32. The van der Waals surface area contributed by atoms with E-state index in [4.69, 9.17) is 30.8 Å². The fraction of sp³-hybridized carbons (Fsp3) is 0.267. The van der Waals surface area contributed by atoms with E-state index < -0.39 is 0 Å². The van der Waals surface area contributed by atoms with E-state index >= 15 is 0 Å². The number of halogens is 1. The highest BCUT2D eigenvalue weighted by atomic mass is 35.5. The van der Waals surface area contributed by atoms with E-state index in [9.17, 15) is 4.79 Å². The molecule has 0 saturated heterocycles. The lowest BCUT2D eigenvalue weighted by Crippen LogP contribution is -2.33. The van der Waals surface area contributed by atoms with Crippen LogP contribution >= 0.6 is 11.6 Å². The molecule has 41 heavy (non-hydrogen) atoms. The van der Waals surface area contributed by atoms with Crippen molar-refractivity contribution >= 4 is 29.3 Å². The summed E-state index contributed by atoms with van der Waals surface area (Å²) in [6.45, 7) is 1.84. The minimum Gasteiger partial charge on any atom is -0.496 e. The molecule has 0 unspecified atom stereocenters. The van der Waals surface area contributed by atoms with E-state index in [1.54, 1.807) is 32.5 Å². The lowest BCUT2D eigenvalue weighted by Gasteiger charge is -2.30. The molecule has 0 aliphatic carbocycles. The number of methoxy groups -OCH3 is 3. The lowest BCUT2D eigenvalue weighted by atomic mass is 9.99. The number of hydrogen-bond donors (Lipinski definition) is 2. The molecule has 1 amide bonds. The zero-order chi connectivity index (χ0) is 28.8. The monoisotopic (exact) mass is 574 g/mol. The molecule has 5 rings (SSSR count). The number of ether oxygens (including phenoxy) is 3. The first-order valence-corrected chi connectivity index (χ1v) is 13.5. The number of hydrogen-bond acceptors (Lipinski definition) is 9. The fourth-order valence-corrected chi connectivity index (χ4v) is 5.01. The summed E-state index contributed by atoms with van der Waals surface area (Å²) in [6.07, 6.45) is 2.48. The van der Waals surface area contributed by atoms with Crippen LogP contribution in [0.2, 0.25) is 5.02 Å². The smallest absolute Gasteiger partial charge is 0.260 e. The topological polar surface area (TPSA) is 111 Å². The number of nitrogens with zero attached hydrogens (tertiary/aromatic N) is 4. The average Bonchev–Trinajstić information content (AvgIpc) is 3.02. The van der Waals surface area contributed by atoms with Crippen molar-refractivity contribution in [1.82, 2.24) is 20.3 Å². The highest BCUT2D eigenvalue weighted by Gasteiger charge is 2.27. The fourth-order valence-electron chi connectivity index (χ4n) is 4.73. The molecule has 0 radical (unpaired) electrons. The normalized spacial score (nSPS) is 12.3. The molecule has 0 fully saturated rings. The van der Waals surface area contributed by atoms with Crippen molar-refractivity contribution in [3.63, 3.8) is 0 Å². The second-order valence-corrected chi connectivity index (χ2v) is 9.76. The molecule has 3 heterocycles. The molecule has 212 valence electrons. The van der Waals surface area contributed by atoms with Crippen LogP contribution in [-0.2, 0) is 26.1 Å². The van der Waals surface area contributed by atoms with Crippen molar-refractivity contribution in [3.05, 3.63) is 93.8 Å². The molecule has 1 aliphatic heterocycles. The molecule has 11 heteroatoms. The number of carbonyl (C=O) groups excluding carboxylic acids is 1. The third kappa shape index (κ3) is 6.28. The van der Waals surface area contributed by atoms with Gasteiger partial charge in [0.25, 0.3) is 5.91 Å². The molecular formula is C30H31ClN6O4. The van der Waals surface area contributed by atoms with E-state index in [2.05, 4.69) is 31.6 Å². The van der Waals surface area contributed by atoms with Gasteiger partial charge < -0.3 is 29.7 Å². The van der Waals surface area contributed by atoms with Crippen LogP contribution in [0.4, 0.5) is 11.8 Å². The first-order chi connectivity index (χ1) is 20.0. The zero-order valence-corrected chi connectivity index (χ0v) is 23.9. The largest absolute Gasteiger partial charge is 0.496 e. The van der Waals surface area contributed by atoms with Crippen molar-refractivity contribution in [1.29, 1.82) is 0 Å². The third-order valence-electron chi connectivity index (χ3n) is 6.85. The summed E-state index contributed by atoms with van der Waals surface area (Å²) in [7, 11) is 4.72. The van der Waals surface area contributed by atoms with Gasteiger partial charge in [0.05, 0.1) is 38.6 Å². The summed E-state index contributed by atoms with van der Waals surface area (Å²) < 4.78 is 16.5. The first kappa shape index (κ1) is 28.0. The Morgan fingerprint density at radius 2 is 1.83 bits per heavy atom. The quantitative estimate of drug-likeness (QED) is 0.279. The minimum absolute atomic E-state index is 0.162. The van der Waals surface area contributed by atoms with Crippen LogP contribution in [0.3, 0.4) is 0 Å². The maximum absolute atomic E-state index is 13.5. The summed E-state index contributed by atoms with van der Waals surface area (Å²) in [5.74, 6) is 1.95. The molecule has 1 aliphatic rings. The second-order valence-electron chi connectivity index (χ2n) is 9.35. The number of aromatic nitrogens is 3. The van der Waals surface area contributed by atoms with Gasteiger partial charge in [-0.15, -0.1) is 0 Å². The van der Waals surface area contributed by atoms with Gasteiger partial charge in [-0.1, -0.05) is 35.9 Å². The maximum atomic E-state index is 13.5. The Kier molecular flexibility index (Phi) is 8.69. The molecule has 2 aromatic carbocycles. The van der Waals surface area contributed by atoms with E-state index in [1.165, 1.54) is 12.7 Å². The van der Waals surface area contributed by atoms with Crippen molar-refractivity contribution in [2.24, 2.45) is 0 Å². The average molecular weight is 575 g/mol. The molecule has 0 saturated carbocycles. The molecule has 2 aromatic heterocycles. The van der Waals surface area contributed by atoms with Crippen LogP contribution in [-0.4, -0.2) is 48.7 Å². The summed E-state index contributed by atoms with van der Waals surface area (Å²) in [4.78, 5) is 29.3. The summed E-state index contributed by atoms with van der Waals surface area (Å²) in [6, 6.07) is 17.1. The Morgan fingerprint density at radius 3 is 2.56 bits per heavy atom. The molecule has 4 aromatic rings. The lowest BCUT2D eigenvalue weighted by molar-refractivity contribution is 0.0947. The number of pyridine rings is 1. The Morgan fingerprint density at radius 1 is 0.976 bits per heavy atom. The number of anilines is 2. The molecule has 0 atom stereocenters. The van der Waals surface area contributed by atoms with Crippen LogP contribution in [0.1, 0.15) is 32.7 Å². The van der Waals surface area contributed by atoms with Gasteiger partial charge in [0, 0.05) is 31.4 Å². The zero-order valence-electron chi connectivity index (χ0n) is 23.1. The predicted molar refractivity (Wildman–Crippen MR) is 157 cm³/mol. The molecular weight excluding hydrogens is 544 g/mol.